The number of benzene rings is 2. The molecule has 1 amide bonds. The quantitative estimate of drug-likeness (QED) is 0.791. The Morgan fingerprint density at radius 3 is 2.90 bits per heavy atom. The Bertz CT molecular complexity index is 791. The van der Waals surface area contributed by atoms with Crippen LogP contribution in [0.1, 0.15) is 16.7 Å². The van der Waals surface area contributed by atoms with Gasteiger partial charge in [-0.25, -0.2) is 0 Å². The molecule has 0 saturated heterocycles. The number of para-hydroxylation sites is 1. The molecule has 0 radical (unpaired) electrons. The van der Waals surface area contributed by atoms with Crippen molar-refractivity contribution in [1.82, 2.24) is 0 Å². The van der Waals surface area contributed by atoms with Gasteiger partial charge < -0.3 is 10.1 Å². The highest BCUT2D eigenvalue weighted by Gasteiger charge is 2.53. The molecule has 0 saturated carbocycles. The standard InChI is InChI=1S/C16H10N2O2/c17-8-10-5-6-12-14(7-10)20-9-16(12)11-3-1-2-4-13(11)18-15(16)19/h1-7H,9H2,(H,18,19). The van der Waals surface area contributed by atoms with Crippen LogP contribution in [0.4, 0.5) is 5.69 Å². The number of ether oxygens (including phenoxy) is 1. The number of carbonyl (C=O) groups excluding carboxylic acids is 1. The maximum atomic E-state index is 12.5. The van der Waals surface area contributed by atoms with Crippen LogP contribution in [0.5, 0.6) is 5.75 Å². The number of anilines is 1. The molecule has 2 aliphatic rings. The van der Waals surface area contributed by atoms with Gasteiger partial charge in [-0.1, -0.05) is 24.3 Å². The molecule has 2 aromatic carbocycles. The van der Waals surface area contributed by atoms with Gasteiger partial charge in [-0.3, -0.25) is 4.79 Å². The topological polar surface area (TPSA) is 62.1 Å². The van der Waals surface area contributed by atoms with E-state index in [-0.39, 0.29) is 12.5 Å². The fraction of sp³-hybridized carbons (Fsp3) is 0.125. The van der Waals surface area contributed by atoms with E-state index in [1.807, 2.05) is 30.3 Å². The molecule has 2 aromatic rings. The van der Waals surface area contributed by atoms with Crippen LogP contribution in [0.2, 0.25) is 0 Å². The van der Waals surface area contributed by atoms with E-state index in [0.29, 0.717) is 11.3 Å². The van der Waals surface area contributed by atoms with E-state index in [1.54, 1.807) is 12.1 Å². The highest BCUT2D eigenvalue weighted by Crippen LogP contribution is 2.49. The highest BCUT2D eigenvalue weighted by molar-refractivity contribution is 6.09. The van der Waals surface area contributed by atoms with Gasteiger partial charge in [-0.2, -0.15) is 5.26 Å². The van der Waals surface area contributed by atoms with Crippen LogP contribution in [0, 0.1) is 11.3 Å². The van der Waals surface area contributed by atoms with Crippen molar-refractivity contribution in [2.45, 2.75) is 5.41 Å². The number of nitriles is 1. The number of rotatable bonds is 0. The fourth-order valence-corrected chi connectivity index (χ4v) is 3.05. The molecule has 96 valence electrons. The molecule has 1 N–H and O–H groups in total. The number of amides is 1. The van der Waals surface area contributed by atoms with Gasteiger partial charge in [0.25, 0.3) is 0 Å². The van der Waals surface area contributed by atoms with E-state index < -0.39 is 5.41 Å². The summed E-state index contributed by atoms with van der Waals surface area (Å²) in [5.41, 5.74) is 2.36. The third-order valence-electron chi connectivity index (χ3n) is 4.04. The molecular weight excluding hydrogens is 252 g/mol. The second-order valence-corrected chi connectivity index (χ2v) is 5.02. The molecule has 2 heterocycles. The average molecular weight is 262 g/mol. The van der Waals surface area contributed by atoms with Crippen molar-refractivity contribution in [2.75, 3.05) is 11.9 Å². The van der Waals surface area contributed by atoms with Gasteiger partial charge in [-0.05, 0) is 23.8 Å². The monoisotopic (exact) mass is 262 g/mol. The molecule has 20 heavy (non-hydrogen) atoms. The van der Waals surface area contributed by atoms with Crippen LogP contribution in [-0.4, -0.2) is 12.5 Å². The third kappa shape index (κ3) is 1.17. The second kappa shape index (κ2) is 3.61. The van der Waals surface area contributed by atoms with Crippen LogP contribution < -0.4 is 10.1 Å². The van der Waals surface area contributed by atoms with E-state index in [1.165, 1.54) is 0 Å². The first kappa shape index (κ1) is 11.1. The van der Waals surface area contributed by atoms with Crippen molar-refractivity contribution in [2.24, 2.45) is 0 Å². The molecule has 4 nitrogen and oxygen atoms in total. The van der Waals surface area contributed by atoms with E-state index in [2.05, 4.69) is 11.4 Å². The Morgan fingerprint density at radius 1 is 1.20 bits per heavy atom. The maximum Gasteiger partial charge on any atom is 0.243 e. The zero-order chi connectivity index (χ0) is 13.7. The smallest absolute Gasteiger partial charge is 0.243 e. The average Bonchev–Trinajstić information content (AvgIpc) is 3.00. The van der Waals surface area contributed by atoms with Crippen molar-refractivity contribution in [3.63, 3.8) is 0 Å². The van der Waals surface area contributed by atoms with Crippen molar-refractivity contribution in [1.29, 1.82) is 5.26 Å². The number of carbonyl (C=O) groups is 1. The Labute approximate surface area is 115 Å². The van der Waals surface area contributed by atoms with Crippen LogP contribution in [0.25, 0.3) is 0 Å². The minimum atomic E-state index is -0.778. The first-order valence-electron chi connectivity index (χ1n) is 6.34. The summed E-state index contributed by atoms with van der Waals surface area (Å²) in [6, 6.07) is 15.0. The first-order chi connectivity index (χ1) is 9.75. The van der Waals surface area contributed by atoms with Crippen molar-refractivity contribution in [3.05, 3.63) is 59.2 Å². The van der Waals surface area contributed by atoms with Gasteiger partial charge in [0.1, 0.15) is 17.8 Å². The summed E-state index contributed by atoms with van der Waals surface area (Å²) in [6.45, 7) is 0.278. The number of nitrogens with one attached hydrogen (secondary N) is 1. The Hall–Kier alpha value is -2.80. The van der Waals surface area contributed by atoms with Crippen molar-refractivity contribution >= 4 is 11.6 Å². The minimum absolute atomic E-state index is 0.0674. The van der Waals surface area contributed by atoms with E-state index in [4.69, 9.17) is 10.00 Å². The number of nitrogens with zero attached hydrogens (tertiary/aromatic N) is 1. The van der Waals surface area contributed by atoms with Crippen LogP contribution in [-0.2, 0) is 10.2 Å². The lowest BCUT2D eigenvalue weighted by Crippen LogP contribution is -2.37. The Balaban J connectivity index is 1.98. The van der Waals surface area contributed by atoms with Crippen LogP contribution in [0.3, 0.4) is 0 Å². The summed E-state index contributed by atoms with van der Waals surface area (Å²) in [5.74, 6) is 0.554. The lowest BCUT2D eigenvalue weighted by molar-refractivity contribution is -0.119. The molecule has 0 fully saturated rings. The first-order valence-corrected chi connectivity index (χ1v) is 6.34. The van der Waals surface area contributed by atoms with Gasteiger partial charge in [0.05, 0.1) is 11.6 Å². The van der Waals surface area contributed by atoms with E-state index in [9.17, 15) is 4.79 Å². The Morgan fingerprint density at radius 2 is 2.05 bits per heavy atom. The van der Waals surface area contributed by atoms with Gasteiger partial charge >= 0.3 is 0 Å². The minimum Gasteiger partial charge on any atom is -0.491 e. The third-order valence-corrected chi connectivity index (χ3v) is 4.04. The molecule has 4 rings (SSSR count). The lowest BCUT2D eigenvalue weighted by atomic mass is 9.77. The van der Waals surface area contributed by atoms with E-state index in [0.717, 1.165) is 16.8 Å². The van der Waals surface area contributed by atoms with Gasteiger partial charge in [0.2, 0.25) is 5.91 Å². The predicted octanol–water partition coefficient (Wildman–Crippen LogP) is 2.19. The molecule has 1 atom stereocenters. The number of hydrogen-bond donors (Lipinski definition) is 1. The summed E-state index contributed by atoms with van der Waals surface area (Å²) in [7, 11) is 0. The number of fused-ring (bicyclic) bond motifs is 4. The maximum absolute atomic E-state index is 12.5. The molecule has 1 unspecified atom stereocenters. The second-order valence-electron chi connectivity index (χ2n) is 5.02. The van der Waals surface area contributed by atoms with Crippen molar-refractivity contribution < 1.29 is 9.53 Å². The summed E-state index contributed by atoms with van der Waals surface area (Å²) in [5, 5.41) is 11.9. The highest BCUT2D eigenvalue weighted by atomic mass is 16.5. The van der Waals surface area contributed by atoms with Crippen molar-refractivity contribution in [3.8, 4) is 11.8 Å². The molecular formula is C16H10N2O2. The summed E-state index contributed by atoms with van der Waals surface area (Å²) in [6.07, 6.45) is 0. The molecule has 1 spiro atoms. The Kier molecular flexibility index (Phi) is 2.00. The SMILES string of the molecule is N#Cc1ccc2c(c1)OCC21C(=O)Nc2ccccc21. The summed E-state index contributed by atoms with van der Waals surface area (Å²) in [4.78, 5) is 12.5. The van der Waals surface area contributed by atoms with Crippen LogP contribution >= 0.6 is 0 Å². The molecule has 0 aromatic heterocycles. The molecule has 2 aliphatic heterocycles. The zero-order valence-electron chi connectivity index (χ0n) is 10.5. The van der Waals surface area contributed by atoms with Gasteiger partial charge in [-0.15, -0.1) is 0 Å². The summed E-state index contributed by atoms with van der Waals surface area (Å²) >= 11 is 0. The van der Waals surface area contributed by atoms with E-state index >= 15 is 0 Å². The fourth-order valence-electron chi connectivity index (χ4n) is 3.05. The normalized spacial score (nSPS) is 21.9. The van der Waals surface area contributed by atoms with Crippen LogP contribution in [0.15, 0.2) is 42.5 Å². The summed E-state index contributed by atoms with van der Waals surface area (Å²) < 4.78 is 5.69. The predicted molar refractivity (Wildman–Crippen MR) is 72.5 cm³/mol. The number of hydrogen-bond acceptors (Lipinski definition) is 3. The zero-order valence-corrected chi connectivity index (χ0v) is 10.5. The lowest BCUT2D eigenvalue weighted by Gasteiger charge is -2.19. The molecule has 4 heteroatoms. The molecule has 0 bridgehead atoms. The van der Waals surface area contributed by atoms with Gasteiger partial charge in [0.15, 0.2) is 0 Å². The molecule has 0 aliphatic carbocycles. The van der Waals surface area contributed by atoms with Gasteiger partial charge in [0, 0.05) is 11.3 Å². The largest absolute Gasteiger partial charge is 0.491 e.